The Morgan fingerprint density at radius 3 is 2.61 bits per heavy atom. The molecule has 1 unspecified atom stereocenters. The van der Waals surface area contributed by atoms with E-state index in [1.165, 1.54) is 11.1 Å². The van der Waals surface area contributed by atoms with Crippen LogP contribution in [0.25, 0.3) is 0 Å². The molecule has 10 nitrogen and oxygen atoms in total. The van der Waals surface area contributed by atoms with Crippen molar-refractivity contribution >= 4 is 29.3 Å². The second-order valence-corrected chi connectivity index (χ2v) is 8.82. The first kappa shape index (κ1) is 22.3. The number of rotatable bonds is 6. The molecule has 0 bridgehead atoms. The normalized spacial score (nSPS) is 18.7. The van der Waals surface area contributed by atoms with Gasteiger partial charge in [0.05, 0.1) is 17.7 Å². The fourth-order valence-electron chi connectivity index (χ4n) is 4.01. The summed E-state index contributed by atoms with van der Waals surface area (Å²) >= 11 is 0. The number of carbonyl (C=O) groups excluding carboxylic acids is 2. The van der Waals surface area contributed by atoms with Crippen LogP contribution in [0.5, 0.6) is 0 Å². The van der Waals surface area contributed by atoms with Crippen molar-refractivity contribution in [3.8, 4) is 6.07 Å². The number of nitrogens with zero attached hydrogens (tertiary/aromatic N) is 5. The maximum absolute atomic E-state index is 12.0. The van der Waals surface area contributed by atoms with Crippen LogP contribution in [0.4, 0.5) is 22.1 Å². The van der Waals surface area contributed by atoms with Crippen molar-refractivity contribution in [2.75, 3.05) is 37.4 Å². The van der Waals surface area contributed by atoms with Crippen molar-refractivity contribution in [1.82, 2.24) is 20.2 Å². The highest BCUT2D eigenvalue weighted by atomic mass is 16.2. The molecule has 2 fully saturated rings. The van der Waals surface area contributed by atoms with Crippen LogP contribution in [0, 0.1) is 11.3 Å². The molecule has 2 heterocycles. The van der Waals surface area contributed by atoms with Gasteiger partial charge in [0.25, 0.3) is 5.91 Å². The van der Waals surface area contributed by atoms with E-state index in [1.807, 2.05) is 29.2 Å². The molecule has 1 saturated heterocycles. The van der Waals surface area contributed by atoms with Crippen molar-refractivity contribution < 1.29 is 9.59 Å². The summed E-state index contributed by atoms with van der Waals surface area (Å²) in [5.74, 6) is 0.197. The lowest BCUT2D eigenvalue weighted by atomic mass is 9.98. The maximum Gasteiger partial charge on any atom is 0.317 e. The molecule has 1 aliphatic carbocycles. The van der Waals surface area contributed by atoms with E-state index in [9.17, 15) is 14.9 Å². The van der Waals surface area contributed by atoms with Gasteiger partial charge in [-0.3, -0.25) is 4.79 Å². The van der Waals surface area contributed by atoms with Gasteiger partial charge in [0.15, 0.2) is 11.5 Å². The molecule has 1 aromatic carbocycles. The van der Waals surface area contributed by atoms with E-state index in [4.69, 9.17) is 5.73 Å². The number of urea groups is 1. The summed E-state index contributed by atoms with van der Waals surface area (Å²) in [6, 6.07) is 9.81. The first-order valence-corrected chi connectivity index (χ1v) is 11.0. The Labute approximate surface area is 192 Å². The number of nitrogens with two attached hydrogens (primary N) is 1. The number of hydrogen-bond acceptors (Lipinski definition) is 7. The lowest BCUT2D eigenvalue weighted by Gasteiger charge is -2.34. The molecule has 1 atom stereocenters. The molecule has 1 aliphatic heterocycles. The molecule has 0 radical (unpaired) electrons. The van der Waals surface area contributed by atoms with Gasteiger partial charge < -0.3 is 26.2 Å². The standard InChI is InChI=1S/C23H28N8O2/c1-30(2)22(33)28-17-4-3-11-31(13-17)18-12-26-19(20(25)32)21(29-18)27-16-7-5-15(6-8-16)23(14-24)9-10-23/h5-8,12,17H,3-4,9-11,13H2,1-2H3,(H2,25,32)(H,27,29)(H,28,33). The fourth-order valence-corrected chi connectivity index (χ4v) is 4.01. The number of carbonyl (C=O) groups is 2. The van der Waals surface area contributed by atoms with Crippen LogP contribution in [-0.2, 0) is 5.41 Å². The zero-order valence-electron chi connectivity index (χ0n) is 18.8. The lowest BCUT2D eigenvalue weighted by molar-refractivity contribution is 0.0996. The quantitative estimate of drug-likeness (QED) is 0.615. The summed E-state index contributed by atoms with van der Waals surface area (Å²) in [7, 11) is 3.42. The van der Waals surface area contributed by atoms with E-state index in [0.717, 1.165) is 43.5 Å². The van der Waals surface area contributed by atoms with Crippen LogP contribution >= 0.6 is 0 Å². The number of hydrogen-bond donors (Lipinski definition) is 3. The third kappa shape index (κ3) is 4.82. The Morgan fingerprint density at radius 2 is 2.00 bits per heavy atom. The van der Waals surface area contributed by atoms with Crippen LogP contribution in [0.3, 0.4) is 0 Å². The van der Waals surface area contributed by atoms with Crippen LogP contribution < -0.4 is 21.3 Å². The average molecular weight is 449 g/mol. The number of amides is 3. The minimum Gasteiger partial charge on any atom is -0.364 e. The zero-order chi connectivity index (χ0) is 23.6. The van der Waals surface area contributed by atoms with Gasteiger partial charge >= 0.3 is 6.03 Å². The van der Waals surface area contributed by atoms with Gasteiger partial charge in [-0.25, -0.2) is 14.8 Å². The highest BCUT2D eigenvalue weighted by molar-refractivity contribution is 5.96. The molecular formula is C23H28N8O2. The van der Waals surface area contributed by atoms with Crippen molar-refractivity contribution in [2.24, 2.45) is 5.73 Å². The molecule has 2 aliphatic rings. The summed E-state index contributed by atoms with van der Waals surface area (Å²) in [6.07, 6.45) is 5.06. The Hall–Kier alpha value is -3.87. The Kier molecular flexibility index (Phi) is 6.05. The zero-order valence-corrected chi connectivity index (χ0v) is 18.8. The largest absolute Gasteiger partial charge is 0.364 e. The molecule has 33 heavy (non-hydrogen) atoms. The number of nitriles is 1. The fraction of sp³-hybridized carbons (Fsp3) is 0.435. The summed E-state index contributed by atoms with van der Waals surface area (Å²) in [4.78, 5) is 36.4. The topological polar surface area (TPSA) is 140 Å². The Balaban J connectivity index is 1.53. The molecule has 1 saturated carbocycles. The molecule has 172 valence electrons. The number of aromatic nitrogens is 2. The second kappa shape index (κ2) is 8.94. The van der Waals surface area contributed by atoms with E-state index in [1.54, 1.807) is 14.1 Å². The molecule has 1 aromatic heterocycles. The van der Waals surface area contributed by atoms with Crippen LogP contribution in [-0.4, -0.2) is 60.0 Å². The number of anilines is 3. The smallest absolute Gasteiger partial charge is 0.317 e. The molecule has 4 N–H and O–H groups in total. The van der Waals surface area contributed by atoms with Crippen LogP contribution in [0.15, 0.2) is 30.5 Å². The molecule has 4 rings (SSSR count). The van der Waals surface area contributed by atoms with E-state index < -0.39 is 5.91 Å². The average Bonchev–Trinajstić information content (AvgIpc) is 3.61. The summed E-state index contributed by atoms with van der Waals surface area (Å²) < 4.78 is 0. The van der Waals surface area contributed by atoms with Crippen molar-refractivity contribution in [3.05, 3.63) is 41.7 Å². The number of nitrogens with one attached hydrogen (secondary N) is 2. The third-order valence-electron chi connectivity index (χ3n) is 6.14. The minimum atomic E-state index is -0.677. The highest BCUT2D eigenvalue weighted by Gasteiger charge is 2.44. The summed E-state index contributed by atoms with van der Waals surface area (Å²) in [5, 5.41) is 15.6. The number of primary amides is 1. The minimum absolute atomic E-state index is 0.00917. The predicted molar refractivity (Wildman–Crippen MR) is 124 cm³/mol. The lowest BCUT2D eigenvalue weighted by Crippen LogP contribution is -2.50. The first-order valence-electron chi connectivity index (χ1n) is 11.0. The van der Waals surface area contributed by atoms with E-state index in [0.29, 0.717) is 12.4 Å². The van der Waals surface area contributed by atoms with Crippen molar-refractivity contribution in [1.29, 1.82) is 5.26 Å². The molecule has 3 amide bonds. The number of benzene rings is 1. The second-order valence-electron chi connectivity index (χ2n) is 8.82. The van der Waals surface area contributed by atoms with Gasteiger partial charge in [-0.05, 0) is 43.4 Å². The monoisotopic (exact) mass is 448 g/mol. The summed E-state index contributed by atoms with van der Waals surface area (Å²) in [5.41, 5.74) is 6.93. The molecule has 0 spiro atoms. The van der Waals surface area contributed by atoms with Gasteiger partial charge in [0.2, 0.25) is 0 Å². The van der Waals surface area contributed by atoms with E-state index >= 15 is 0 Å². The third-order valence-corrected chi connectivity index (χ3v) is 6.14. The molecule has 2 aromatic rings. The maximum atomic E-state index is 12.0. The molecule has 10 heteroatoms. The van der Waals surface area contributed by atoms with E-state index in [-0.39, 0.29) is 29.0 Å². The van der Waals surface area contributed by atoms with Gasteiger partial charge in [-0.2, -0.15) is 5.26 Å². The van der Waals surface area contributed by atoms with Crippen LogP contribution in [0.1, 0.15) is 41.7 Å². The van der Waals surface area contributed by atoms with Gasteiger partial charge in [0, 0.05) is 38.9 Å². The summed E-state index contributed by atoms with van der Waals surface area (Å²) in [6.45, 7) is 1.36. The Morgan fingerprint density at radius 1 is 1.27 bits per heavy atom. The first-order chi connectivity index (χ1) is 15.8. The molecular weight excluding hydrogens is 420 g/mol. The van der Waals surface area contributed by atoms with Gasteiger partial charge in [0.1, 0.15) is 5.82 Å². The van der Waals surface area contributed by atoms with Gasteiger partial charge in [-0.15, -0.1) is 0 Å². The highest BCUT2D eigenvalue weighted by Crippen LogP contribution is 2.47. The number of piperidine rings is 1. The van der Waals surface area contributed by atoms with Crippen LogP contribution in [0.2, 0.25) is 0 Å². The van der Waals surface area contributed by atoms with Crippen molar-refractivity contribution in [3.63, 3.8) is 0 Å². The Bertz CT molecular complexity index is 1090. The predicted octanol–water partition coefficient (Wildman–Crippen LogP) is 2.11. The van der Waals surface area contributed by atoms with Gasteiger partial charge in [-0.1, -0.05) is 12.1 Å². The van der Waals surface area contributed by atoms with Crippen molar-refractivity contribution in [2.45, 2.75) is 37.1 Å². The SMILES string of the molecule is CN(C)C(=O)NC1CCCN(c2cnc(C(N)=O)c(Nc3ccc(C4(C#N)CC4)cc3)n2)C1. The van der Waals surface area contributed by atoms with E-state index in [2.05, 4.69) is 26.7 Å².